The summed E-state index contributed by atoms with van der Waals surface area (Å²) in [5, 5.41) is 5.78. The van der Waals surface area contributed by atoms with E-state index in [1.54, 1.807) is 6.07 Å². The highest BCUT2D eigenvalue weighted by atomic mass is 16.3. The number of rotatable bonds is 3. The van der Waals surface area contributed by atoms with Gasteiger partial charge in [-0.05, 0) is 36.6 Å². The normalized spacial score (nSPS) is 15.0. The van der Waals surface area contributed by atoms with E-state index in [-0.39, 0.29) is 17.9 Å². The minimum atomic E-state index is -0.165. The summed E-state index contributed by atoms with van der Waals surface area (Å²) in [6.45, 7) is 1.93. The number of anilines is 1. The molecule has 1 aliphatic rings. The number of carbonyl (C=O) groups excluding carboxylic acids is 2. The summed E-state index contributed by atoms with van der Waals surface area (Å²) in [6.07, 6.45) is 4.13. The molecule has 2 N–H and O–H groups in total. The van der Waals surface area contributed by atoms with Gasteiger partial charge in [-0.15, -0.1) is 0 Å². The minimum Gasteiger partial charge on any atom is -0.472 e. The Bertz CT molecular complexity index is 677. The van der Waals surface area contributed by atoms with E-state index in [1.807, 2.05) is 25.1 Å². The Kier molecular flexibility index (Phi) is 3.48. The molecule has 0 unspecified atom stereocenters. The molecule has 21 heavy (non-hydrogen) atoms. The number of amides is 2. The van der Waals surface area contributed by atoms with E-state index in [1.165, 1.54) is 12.5 Å². The molecule has 0 saturated carbocycles. The third-order valence-electron chi connectivity index (χ3n) is 3.66. The van der Waals surface area contributed by atoms with Crippen molar-refractivity contribution in [3.63, 3.8) is 0 Å². The first-order valence-electron chi connectivity index (χ1n) is 6.89. The van der Waals surface area contributed by atoms with Crippen LogP contribution in [0, 0.1) is 0 Å². The highest BCUT2D eigenvalue weighted by molar-refractivity contribution is 5.94. The fourth-order valence-corrected chi connectivity index (χ4v) is 2.43. The Morgan fingerprint density at radius 2 is 2.19 bits per heavy atom. The van der Waals surface area contributed by atoms with Crippen molar-refractivity contribution in [1.29, 1.82) is 0 Å². The monoisotopic (exact) mass is 284 g/mol. The standard InChI is InChI=1S/C16H16N2O3/c1-10(17-16(20)13-6-7-21-9-13)11-2-4-14-12(8-11)3-5-15(19)18-14/h2,4,6-10H,3,5H2,1H3,(H,17,20)(H,18,19)/t10-/m1/s1. The Morgan fingerprint density at radius 1 is 1.33 bits per heavy atom. The van der Waals surface area contributed by atoms with Crippen molar-refractivity contribution < 1.29 is 14.0 Å². The van der Waals surface area contributed by atoms with Crippen molar-refractivity contribution in [2.75, 3.05) is 5.32 Å². The van der Waals surface area contributed by atoms with E-state index in [0.29, 0.717) is 12.0 Å². The van der Waals surface area contributed by atoms with Crippen LogP contribution in [0.25, 0.3) is 0 Å². The van der Waals surface area contributed by atoms with Gasteiger partial charge in [0, 0.05) is 12.1 Å². The number of carbonyl (C=O) groups is 2. The van der Waals surface area contributed by atoms with Crippen molar-refractivity contribution in [2.45, 2.75) is 25.8 Å². The number of hydrogen-bond acceptors (Lipinski definition) is 3. The van der Waals surface area contributed by atoms with Crippen LogP contribution in [0.3, 0.4) is 0 Å². The van der Waals surface area contributed by atoms with Gasteiger partial charge in [0.2, 0.25) is 5.91 Å². The van der Waals surface area contributed by atoms with Crippen molar-refractivity contribution in [3.05, 3.63) is 53.5 Å². The lowest BCUT2D eigenvalue weighted by Gasteiger charge is -2.20. The number of hydrogen-bond donors (Lipinski definition) is 2. The second-order valence-electron chi connectivity index (χ2n) is 5.17. The average Bonchev–Trinajstić information content (AvgIpc) is 3.01. The molecule has 5 nitrogen and oxygen atoms in total. The van der Waals surface area contributed by atoms with Gasteiger partial charge in [-0.3, -0.25) is 9.59 Å². The SMILES string of the molecule is C[C@@H](NC(=O)c1ccoc1)c1ccc2c(c1)CCC(=O)N2. The summed E-state index contributed by atoms with van der Waals surface area (Å²) < 4.78 is 4.91. The van der Waals surface area contributed by atoms with E-state index in [9.17, 15) is 9.59 Å². The van der Waals surface area contributed by atoms with Gasteiger partial charge in [0.1, 0.15) is 6.26 Å². The van der Waals surface area contributed by atoms with E-state index in [4.69, 9.17) is 4.42 Å². The maximum Gasteiger partial charge on any atom is 0.255 e. The zero-order chi connectivity index (χ0) is 14.8. The van der Waals surface area contributed by atoms with E-state index < -0.39 is 0 Å². The summed E-state index contributed by atoms with van der Waals surface area (Å²) >= 11 is 0. The average molecular weight is 284 g/mol. The molecule has 2 heterocycles. The van der Waals surface area contributed by atoms with E-state index >= 15 is 0 Å². The molecule has 5 heteroatoms. The summed E-state index contributed by atoms with van der Waals surface area (Å²) in [6, 6.07) is 7.36. The topological polar surface area (TPSA) is 71.3 Å². The Morgan fingerprint density at radius 3 is 2.95 bits per heavy atom. The lowest BCUT2D eigenvalue weighted by atomic mass is 9.97. The molecule has 1 aliphatic heterocycles. The van der Waals surface area contributed by atoms with Gasteiger partial charge in [0.05, 0.1) is 17.9 Å². The van der Waals surface area contributed by atoms with Gasteiger partial charge in [0.15, 0.2) is 0 Å². The first-order chi connectivity index (χ1) is 10.1. The lowest BCUT2D eigenvalue weighted by molar-refractivity contribution is -0.116. The number of fused-ring (bicyclic) bond motifs is 1. The molecule has 0 radical (unpaired) electrons. The molecule has 1 aromatic heterocycles. The van der Waals surface area contributed by atoms with Crippen LogP contribution in [0.1, 0.15) is 40.9 Å². The maximum atomic E-state index is 12.0. The third-order valence-corrected chi connectivity index (χ3v) is 3.66. The predicted molar refractivity (Wildman–Crippen MR) is 78.0 cm³/mol. The molecule has 108 valence electrons. The highest BCUT2D eigenvalue weighted by Gasteiger charge is 2.17. The van der Waals surface area contributed by atoms with Crippen molar-refractivity contribution in [3.8, 4) is 0 Å². The molecule has 0 bridgehead atoms. The van der Waals surface area contributed by atoms with Crippen LogP contribution >= 0.6 is 0 Å². The third kappa shape index (κ3) is 2.81. The zero-order valence-electron chi connectivity index (χ0n) is 11.7. The van der Waals surface area contributed by atoms with Gasteiger partial charge < -0.3 is 15.1 Å². The Labute approximate surface area is 122 Å². The molecule has 0 aliphatic carbocycles. The molecule has 0 spiro atoms. The van der Waals surface area contributed by atoms with Crippen LogP contribution in [0.4, 0.5) is 5.69 Å². The van der Waals surface area contributed by atoms with Crippen molar-refractivity contribution in [2.24, 2.45) is 0 Å². The summed E-state index contributed by atoms with van der Waals surface area (Å²) in [5.41, 5.74) is 3.49. The van der Waals surface area contributed by atoms with Crippen molar-refractivity contribution >= 4 is 17.5 Å². The highest BCUT2D eigenvalue weighted by Crippen LogP contribution is 2.26. The number of aryl methyl sites for hydroxylation is 1. The van der Waals surface area contributed by atoms with Crippen LogP contribution in [-0.4, -0.2) is 11.8 Å². The first kappa shape index (κ1) is 13.4. The second-order valence-corrected chi connectivity index (χ2v) is 5.17. The predicted octanol–water partition coefficient (Wildman–Crippen LogP) is 2.66. The Hall–Kier alpha value is -2.56. The van der Waals surface area contributed by atoms with E-state index in [0.717, 1.165) is 23.2 Å². The quantitative estimate of drug-likeness (QED) is 0.910. The second kappa shape index (κ2) is 5.44. The van der Waals surface area contributed by atoms with Crippen molar-refractivity contribution in [1.82, 2.24) is 5.32 Å². The number of nitrogens with one attached hydrogen (secondary N) is 2. The van der Waals surface area contributed by atoms with Gasteiger partial charge in [0.25, 0.3) is 5.91 Å². The summed E-state index contributed by atoms with van der Waals surface area (Å²) in [7, 11) is 0. The van der Waals surface area contributed by atoms with Gasteiger partial charge >= 0.3 is 0 Å². The van der Waals surface area contributed by atoms with Gasteiger partial charge in [-0.2, -0.15) is 0 Å². The van der Waals surface area contributed by atoms with Crippen LogP contribution in [-0.2, 0) is 11.2 Å². The minimum absolute atomic E-state index is 0.0524. The zero-order valence-corrected chi connectivity index (χ0v) is 11.7. The van der Waals surface area contributed by atoms with Crippen LogP contribution in [0.2, 0.25) is 0 Å². The molecule has 3 rings (SSSR count). The molecule has 1 aromatic carbocycles. The molecular formula is C16H16N2O3. The van der Waals surface area contributed by atoms with Gasteiger partial charge in [-0.25, -0.2) is 0 Å². The number of furan rings is 1. The summed E-state index contributed by atoms with van der Waals surface area (Å²) in [5.74, 6) is -0.112. The maximum absolute atomic E-state index is 12.0. The van der Waals surface area contributed by atoms with Gasteiger partial charge in [-0.1, -0.05) is 12.1 Å². The van der Waals surface area contributed by atoms with Crippen LogP contribution in [0.15, 0.2) is 41.2 Å². The fraction of sp³-hybridized carbons (Fsp3) is 0.250. The molecule has 0 fully saturated rings. The van der Waals surface area contributed by atoms with Crippen LogP contribution in [0.5, 0.6) is 0 Å². The lowest BCUT2D eigenvalue weighted by Crippen LogP contribution is -2.26. The molecule has 1 atom stereocenters. The Balaban J connectivity index is 1.74. The number of benzene rings is 1. The first-order valence-corrected chi connectivity index (χ1v) is 6.89. The smallest absolute Gasteiger partial charge is 0.255 e. The van der Waals surface area contributed by atoms with E-state index in [2.05, 4.69) is 10.6 Å². The molecule has 2 aromatic rings. The largest absolute Gasteiger partial charge is 0.472 e. The van der Waals surface area contributed by atoms with Crippen LogP contribution < -0.4 is 10.6 Å². The molecular weight excluding hydrogens is 268 g/mol. The molecule has 0 saturated heterocycles. The fourth-order valence-electron chi connectivity index (χ4n) is 2.43. The summed E-state index contributed by atoms with van der Waals surface area (Å²) in [4.78, 5) is 23.3. The molecule has 2 amide bonds.